The van der Waals surface area contributed by atoms with E-state index >= 15 is 0 Å². The van der Waals surface area contributed by atoms with Crippen molar-refractivity contribution in [2.24, 2.45) is 0 Å². The zero-order chi connectivity index (χ0) is 16.2. The smallest absolute Gasteiger partial charge is 0.313 e. The molecule has 1 aromatic heterocycles. The number of thiophene rings is 1. The highest BCUT2D eigenvalue weighted by Crippen LogP contribution is 2.27. The van der Waals surface area contributed by atoms with Crippen molar-refractivity contribution in [1.29, 1.82) is 0 Å². The lowest BCUT2D eigenvalue weighted by molar-refractivity contribution is -0.144. The van der Waals surface area contributed by atoms with Gasteiger partial charge in [-0.15, -0.1) is 11.3 Å². The van der Waals surface area contributed by atoms with Crippen LogP contribution in [0.25, 0.3) is 10.4 Å². The van der Waals surface area contributed by atoms with Crippen molar-refractivity contribution in [3.8, 4) is 10.4 Å². The topological polar surface area (TPSA) is 69.6 Å². The minimum absolute atomic E-state index is 0.104. The Bertz CT molecular complexity index is 700. The molecule has 3 rings (SSSR count). The number of aliphatic hydroxyl groups is 1. The molecule has 0 saturated carbocycles. The highest BCUT2D eigenvalue weighted by Gasteiger charge is 2.31. The third-order valence-electron chi connectivity index (χ3n) is 3.97. The number of carbonyl (C=O) groups excluding carboxylic acids is 2. The average Bonchev–Trinajstić information content (AvgIpc) is 3.25. The maximum Gasteiger partial charge on any atom is 0.313 e. The van der Waals surface area contributed by atoms with E-state index in [1.165, 1.54) is 4.90 Å². The average molecular weight is 330 g/mol. The van der Waals surface area contributed by atoms with Gasteiger partial charge in [0.1, 0.15) is 0 Å². The lowest BCUT2D eigenvalue weighted by Crippen LogP contribution is -2.43. The van der Waals surface area contributed by atoms with Crippen LogP contribution in [0.5, 0.6) is 0 Å². The Balaban J connectivity index is 1.70. The molecule has 1 aliphatic heterocycles. The van der Waals surface area contributed by atoms with Crippen LogP contribution >= 0.6 is 11.3 Å². The number of benzene rings is 1. The number of likely N-dealkylation sites (tertiary alicyclic amines) is 1. The summed E-state index contributed by atoms with van der Waals surface area (Å²) in [7, 11) is 0. The summed E-state index contributed by atoms with van der Waals surface area (Å²) in [5.74, 6) is -1.24. The fourth-order valence-electron chi connectivity index (χ4n) is 2.80. The fraction of sp³-hybridized carbons (Fsp3) is 0.294. The monoisotopic (exact) mass is 330 g/mol. The van der Waals surface area contributed by atoms with E-state index in [0.717, 1.165) is 23.3 Å². The SMILES string of the molecule is O=C(Nc1cccc(-c2cccs2)c1)C(=O)N1CCC[C@@H]1CO. The van der Waals surface area contributed by atoms with Gasteiger partial charge in [-0.1, -0.05) is 18.2 Å². The predicted molar refractivity (Wildman–Crippen MR) is 90.2 cm³/mol. The first-order valence-electron chi connectivity index (χ1n) is 7.56. The molecule has 2 N–H and O–H groups in total. The van der Waals surface area contributed by atoms with E-state index in [4.69, 9.17) is 0 Å². The standard InChI is InChI=1S/C17H18N2O3S/c20-11-14-6-2-8-19(14)17(22)16(21)18-13-5-1-4-12(10-13)15-7-3-9-23-15/h1,3-5,7,9-10,14,20H,2,6,8,11H2,(H,18,21)/t14-/m1/s1. The zero-order valence-electron chi connectivity index (χ0n) is 12.6. The van der Waals surface area contributed by atoms with Crippen molar-refractivity contribution in [2.45, 2.75) is 18.9 Å². The second kappa shape index (κ2) is 6.93. The maximum absolute atomic E-state index is 12.2. The summed E-state index contributed by atoms with van der Waals surface area (Å²) in [5, 5.41) is 13.9. The van der Waals surface area contributed by atoms with Gasteiger partial charge in [0.15, 0.2) is 0 Å². The zero-order valence-corrected chi connectivity index (χ0v) is 13.4. The summed E-state index contributed by atoms with van der Waals surface area (Å²) in [6, 6.07) is 11.2. The van der Waals surface area contributed by atoms with Crippen LogP contribution in [0.1, 0.15) is 12.8 Å². The van der Waals surface area contributed by atoms with Crippen LogP contribution < -0.4 is 5.32 Å². The summed E-state index contributed by atoms with van der Waals surface area (Å²) >= 11 is 1.62. The molecule has 1 aromatic carbocycles. The summed E-state index contributed by atoms with van der Waals surface area (Å²) < 4.78 is 0. The molecule has 5 nitrogen and oxygen atoms in total. The van der Waals surface area contributed by atoms with Crippen LogP contribution in [0.2, 0.25) is 0 Å². The molecule has 23 heavy (non-hydrogen) atoms. The molecule has 0 bridgehead atoms. The van der Waals surface area contributed by atoms with Crippen molar-refractivity contribution >= 4 is 28.8 Å². The van der Waals surface area contributed by atoms with E-state index in [1.807, 2.05) is 35.7 Å². The third-order valence-corrected chi connectivity index (χ3v) is 4.89. The first-order chi connectivity index (χ1) is 11.2. The quantitative estimate of drug-likeness (QED) is 0.849. The number of aliphatic hydroxyl groups excluding tert-OH is 1. The highest BCUT2D eigenvalue weighted by atomic mass is 32.1. The van der Waals surface area contributed by atoms with Crippen LogP contribution in [0.4, 0.5) is 5.69 Å². The lowest BCUT2D eigenvalue weighted by atomic mass is 10.1. The minimum atomic E-state index is -0.659. The van der Waals surface area contributed by atoms with E-state index in [1.54, 1.807) is 17.4 Å². The molecule has 2 aromatic rings. The van der Waals surface area contributed by atoms with Crippen molar-refractivity contribution in [2.75, 3.05) is 18.5 Å². The molecule has 1 aliphatic rings. The molecule has 0 aliphatic carbocycles. The van der Waals surface area contributed by atoms with Gasteiger partial charge in [0, 0.05) is 17.1 Å². The van der Waals surface area contributed by atoms with Crippen LogP contribution in [-0.2, 0) is 9.59 Å². The molecular formula is C17H18N2O3S. The first kappa shape index (κ1) is 15.7. The lowest BCUT2D eigenvalue weighted by Gasteiger charge is -2.22. The van der Waals surface area contributed by atoms with Gasteiger partial charge < -0.3 is 15.3 Å². The predicted octanol–water partition coefficient (Wildman–Crippen LogP) is 2.34. The fourth-order valence-corrected chi connectivity index (χ4v) is 3.52. The Morgan fingerprint density at radius 1 is 1.30 bits per heavy atom. The molecule has 2 amide bonds. The van der Waals surface area contributed by atoms with Gasteiger partial charge in [0.2, 0.25) is 0 Å². The number of hydrogen-bond acceptors (Lipinski definition) is 4. The molecule has 6 heteroatoms. The Morgan fingerprint density at radius 2 is 2.17 bits per heavy atom. The molecule has 120 valence electrons. The number of anilines is 1. The summed E-state index contributed by atoms with van der Waals surface area (Å²) in [5.41, 5.74) is 1.59. The Kier molecular flexibility index (Phi) is 4.73. The van der Waals surface area contributed by atoms with E-state index in [-0.39, 0.29) is 12.6 Å². The number of rotatable bonds is 3. The van der Waals surface area contributed by atoms with Gasteiger partial charge in [-0.05, 0) is 42.0 Å². The van der Waals surface area contributed by atoms with Gasteiger partial charge in [-0.3, -0.25) is 9.59 Å². The van der Waals surface area contributed by atoms with E-state index < -0.39 is 11.8 Å². The van der Waals surface area contributed by atoms with Crippen LogP contribution in [-0.4, -0.2) is 41.0 Å². The van der Waals surface area contributed by atoms with Gasteiger partial charge in [0.05, 0.1) is 12.6 Å². The van der Waals surface area contributed by atoms with Crippen LogP contribution in [0, 0.1) is 0 Å². The Labute approximate surface area is 138 Å². The third kappa shape index (κ3) is 3.43. The van der Waals surface area contributed by atoms with Gasteiger partial charge in [-0.25, -0.2) is 0 Å². The van der Waals surface area contributed by atoms with E-state index in [9.17, 15) is 14.7 Å². The van der Waals surface area contributed by atoms with Gasteiger partial charge >= 0.3 is 11.8 Å². The maximum atomic E-state index is 12.2. The molecular weight excluding hydrogens is 312 g/mol. The van der Waals surface area contributed by atoms with Crippen LogP contribution in [0.15, 0.2) is 41.8 Å². The second-order valence-corrected chi connectivity index (χ2v) is 6.44. The Morgan fingerprint density at radius 3 is 2.91 bits per heavy atom. The second-order valence-electron chi connectivity index (χ2n) is 5.49. The summed E-state index contributed by atoms with van der Waals surface area (Å²) in [4.78, 5) is 27.0. The highest BCUT2D eigenvalue weighted by molar-refractivity contribution is 7.13. The number of amides is 2. The molecule has 0 radical (unpaired) electrons. The van der Waals surface area contributed by atoms with Crippen molar-refractivity contribution in [3.63, 3.8) is 0 Å². The summed E-state index contributed by atoms with van der Waals surface area (Å²) in [6.07, 6.45) is 1.56. The van der Waals surface area contributed by atoms with Gasteiger partial charge in [-0.2, -0.15) is 0 Å². The normalized spacial score (nSPS) is 17.3. The minimum Gasteiger partial charge on any atom is -0.394 e. The Hall–Kier alpha value is -2.18. The van der Waals surface area contributed by atoms with Crippen molar-refractivity contribution in [1.82, 2.24) is 4.90 Å². The number of hydrogen-bond donors (Lipinski definition) is 2. The van der Waals surface area contributed by atoms with E-state index in [2.05, 4.69) is 5.32 Å². The first-order valence-corrected chi connectivity index (χ1v) is 8.44. The van der Waals surface area contributed by atoms with Crippen molar-refractivity contribution in [3.05, 3.63) is 41.8 Å². The molecule has 0 spiro atoms. The molecule has 0 unspecified atom stereocenters. The molecule has 2 heterocycles. The van der Waals surface area contributed by atoms with E-state index in [0.29, 0.717) is 12.2 Å². The van der Waals surface area contributed by atoms with Gasteiger partial charge in [0.25, 0.3) is 0 Å². The number of nitrogens with zero attached hydrogens (tertiary/aromatic N) is 1. The largest absolute Gasteiger partial charge is 0.394 e. The summed E-state index contributed by atoms with van der Waals surface area (Å²) in [6.45, 7) is 0.416. The number of carbonyl (C=O) groups is 2. The number of nitrogens with one attached hydrogen (secondary N) is 1. The molecule has 1 atom stereocenters. The molecule has 1 fully saturated rings. The molecule has 1 saturated heterocycles. The van der Waals surface area contributed by atoms with Crippen molar-refractivity contribution < 1.29 is 14.7 Å². The van der Waals surface area contributed by atoms with Crippen LogP contribution in [0.3, 0.4) is 0 Å².